The van der Waals surface area contributed by atoms with Gasteiger partial charge in [-0.2, -0.15) is 0 Å². The minimum Gasteiger partial charge on any atom is -0.347 e. The predicted octanol–water partition coefficient (Wildman–Crippen LogP) is 2.13. The molecule has 2 heterocycles. The summed E-state index contributed by atoms with van der Waals surface area (Å²) in [5.74, 6) is -3.16. The van der Waals surface area contributed by atoms with Crippen molar-refractivity contribution in [3.63, 3.8) is 0 Å². The molecule has 5 rings (SSSR count). The number of imidazole rings is 1. The number of piperidine rings is 1. The van der Waals surface area contributed by atoms with Crippen LogP contribution in [0.1, 0.15) is 115 Å². The first-order valence-electron chi connectivity index (χ1n) is 17.5. The molecule has 1 aliphatic heterocycles. The van der Waals surface area contributed by atoms with Crippen molar-refractivity contribution >= 4 is 35.3 Å². The van der Waals surface area contributed by atoms with E-state index in [0.29, 0.717) is 19.3 Å². The van der Waals surface area contributed by atoms with Gasteiger partial charge in [-0.1, -0.05) is 53.4 Å². The fraction of sp³-hybridized carbons (Fsp3) is 0.735. The smallest absolute Gasteiger partial charge is 0.289 e. The molecular formula is C34H51N7O6. The van der Waals surface area contributed by atoms with Gasteiger partial charge in [0.2, 0.25) is 23.5 Å². The number of nitrogens with zero attached hydrogens (tertiary/aromatic N) is 2. The number of H-pyrrole nitrogens is 1. The van der Waals surface area contributed by atoms with E-state index in [2.05, 4.69) is 31.2 Å². The lowest BCUT2D eigenvalue weighted by Crippen LogP contribution is -2.64. The van der Waals surface area contributed by atoms with E-state index in [9.17, 15) is 28.8 Å². The first-order valence-corrected chi connectivity index (χ1v) is 17.5. The monoisotopic (exact) mass is 653 g/mol. The highest BCUT2D eigenvalue weighted by molar-refractivity contribution is 6.38. The summed E-state index contributed by atoms with van der Waals surface area (Å²) in [4.78, 5) is 89.5. The summed E-state index contributed by atoms with van der Waals surface area (Å²) in [5.41, 5.74) is -0.723. The quantitative estimate of drug-likeness (QED) is 0.202. The van der Waals surface area contributed by atoms with Crippen LogP contribution in [0.2, 0.25) is 0 Å². The number of likely N-dealkylation sites (tertiary alicyclic amines) is 1. The van der Waals surface area contributed by atoms with Gasteiger partial charge in [-0.3, -0.25) is 28.8 Å². The first-order chi connectivity index (χ1) is 22.4. The number of aromatic amines is 1. The minimum atomic E-state index is -0.978. The Labute approximate surface area is 276 Å². The van der Waals surface area contributed by atoms with E-state index < -0.39 is 59.0 Å². The molecule has 0 radical (unpaired) electrons. The third-order valence-electron chi connectivity index (χ3n) is 10.3. The van der Waals surface area contributed by atoms with Crippen molar-refractivity contribution in [2.75, 3.05) is 0 Å². The van der Waals surface area contributed by atoms with Crippen molar-refractivity contribution in [3.05, 3.63) is 18.2 Å². The van der Waals surface area contributed by atoms with Crippen LogP contribution in [0.4, 0.5) is 0 Å². The molecule has 13 nitrogen and oxygen atoms in total. The van der Waals surface area contributed by atoms with Crippen molar-refractivity contribution in [1.29, 1.82) is 0 Å². The van der Waals surface area contributed by atoms with E-state index >= 15 is 0 Å². The molecule has 3 saturated carbocycles. The summed E-state index contributed by atoms with van der Waals surface area (Å²) in [6, 6.07) is -3.78. The molecule has 6 atom stereocenters. The zero-order valence-electron chi connectivity index (χ0n) is 28.1. The van der Waals surface area contributed by atoms with Crippen LogP contribution < -0.4 is 21.3 Å². The van der Waals surface area contributed by atoms with Crippen molar-refractivity contribution in [3.8, 4) is 0 Å². The fourth-order valence-electron chi connectivity index (χ4n) is 7.59. The van der Waals surface area contributed by atoms with Gasteiger partial charge in [0.1, 0.15) is 18.1 Å². The van der Waals surface area contributed by atoms with Crippen LogP contribution in [-0.2, 0) is 24.0 Å². The molecule has 4 fully saturated rings. The number of carbonyl (C=O) groups excluding carboxylic acids is 6. The summed E-state index contributed by atoms with van der Waals surface area (Å²) in [7, 11) is 0. The molecule has 2 bridgehead atoms. The Hall–Kier alpha value is -3.77. The number of rotatable bonds is 13. The maximum atomic E-state index is 14.5. The third-order valence-corrected chi connectivity index (χ3v) is 10.3. The van der Waals surface area contributed by atoms with Crippen LogP contribution in [-0.4, -0.2) is 86.4 Å². The second-order valence-electron chi connectivity index (χ2n) is 15.0. The number of nitrogens with one attached hydrogen (secondary N) is 5. The van der Waals surface area contributed by atoms with Gasteiger partial charge < -0.3 is 31.2 Å². The van der Waals surface area contributed by atoms with Crippen LogP contribution in [0.5, 0.6) is 0 Å². The van der Waals surface area contributed by atoms with Crippen molar-refractivity contribution in [1.82, 2.24) is 36.1 Å². The van der Waals surface area contributed by atoms with E-state index in [1.807, 2.05) is 27.7 Å². The molecule has 47 heavy (non-hydrogen) atoms. The van der Waals surface area contributed by atoms with Gasteiger partial charge >= 0.3 is 0 Å². The summed E-state index contributed by atoms with van der Waals surface area (Å²) < 4.78 is 0. The standard InChI is InChI=1S/C34H51N7O6/c1-5-9-23(26(42)31(45)37-21-13-14-21)38-30(44)25-20-12-15-22(18-20)41(25)33(47)27(34(2,3)4)40-29(43)24(19-10-7-6-8-11-19)39-32(46)28-35-16-17-36-28/h16-17,19-25,27H,5-15,18H2,1-4H3,(H,35,36)(H,37,45)(H,38,44)(H,39,46)(H,40,43)/t20-,22+,23-,24-,25-,27+/m0/s1. The molecule has 1 saturated heterocycles. The van der Waals surface area contributed by atoms with Gasteiger partial charge in [-0.25, -0.2) is 4.98 Å². The topological polar surface area (TPSA) is 182 Å². The Balaban J connectivity index is 1.34. The zero-order valence-corrected chi connectivity index (χ0v) is 28.1. The molecule has 5 N–H and O–H groups in total. The summed E-state index contributed by atoms with van der Waals surface area (Å²) >= 11 is 0. The average Bonchev–Trinajstić information content (AvgIpc) is 3.40. The number of amides is 5. The molecule has 1 aromatic heterocycles. The van der Waals surface area contributed by atoms with E-state index in [1.165, 1.54) is 6.20 Å². The predicted molar refractivity (Wildman–Crippen MR) is 173 cm³/mol. The van der Waals surface area contributed by atoms with Crippen LogP contribution >= 0.6 is 0 Å². The molecule has 4 aliphatic rings. The lowest BCUT2D eigenvalue weighted by atomic mass is 9.81. The number of hydrogen-bond acceptors (Lipinski definition) is 7. The van der Waals surface area contributed by atoms with E-state index in [0.717, 1.165) is 57.8 Å². The number of fused-ring (bicyclic) bond motifs is 2. The fourth-order valence-corrected chi connectivity index (χ4v) is 7.59. The largest absolute Gasteiger partial charge is 0.347 e. The molecule has 0 aromatic carbocycles. The maximum Gasteiger partial charge on any atom is 0.289 e. The SMILES string of the molecule is CCC[C@H](NC(=O)[C@@H]1[C@H]2CC[C@H](C2)N1C(=O)[C@@H](NC(=O)[C@@H](NC(=O)c1ncc[nH]1)C1CCCCC1)C(C)(C)C)C(=O)C(=O)NC1CC1. The van der Waals surface area contributed by atoms with Crippen molar-refractivity contribution in [2.45, 2.75) is 141 Å². The molecule has 1 aromatic rings. The van der Waals surface area contributed by atoms with Crippen LogP contribution in [0, 0.1) is 17.3 Å². The van der Waals surface area contributed by atoms with Gasteiger partial charge in [0.05, 0.1) is 6.04 Å². The Kier molecular flexibility index (Phi) is 10.7. The van der Waals surface area contributed by atoms with Gasteiger partial charge in [-0.05, 0) is 68.6 Å². The Bertz CT molecular complexity index is 1330. The molecular weight excluding hydrogens is 602 g/mol. The number of Topliss-reactive ketones (excluding diaryl/α,β-unsaturated/α-hetero) is 1. The number of hydrogen-bond donors (Lipinski definition) is 5. The highest BCUT2D eigenvalue weighted by Gasteiger charge is 2.54. The lowest BCUT2D eigenvalue weighted by Gasteiger charge is -2.41. The van der Waals surface area contributed by atoms with E-state index in [1.54, 1.807) is 11.1 Å². The summed E-state index contributed by atoms with van der Waals surface area (Å²) in [6.07, 6.45) is 12.3. The Morgan fingerprint density at radius 1 is 0.957 bits per heavy atom. The van der Waals surface area contributed by atoms with Crippen LogP contribution in [0.15, 0.2) is 12.4 Å². The average molecular weight is 654 g/mol. The molecule has 3 aliphatic carbocycles. The normalized spacial score (nSPS) is 24.6. The van der Waals surface area contributed by atoms with Crippen molar-refractivity contribution in [2.24, 2.45) is 17.3 Å². The van der Waals surface area contributed by atoms with Gasteiger partial charge in [-0.15, -0.1) is 0 Å². The van der Waals surface area contributed by atoms with Crippen LogP contribution in [0.3, 0.4) is 0 Å². The first kappa shape index (κ1) is 34.6. The van der Waals surface area contributed by atoms with E-state index in [4.69, 9.17) is 0 Å². The Morgan fingerprint density at radius 3 is 2.30 bits per heavy atom. The minimum absolute atomic E-state index is 0.0174. The van der Waals surface area contributed by atoms with Crippen molar-refractivity contribution < 1.29 is 28.8 Å². The molecule has 0 spiro atoms. The molecule has 0 unspecified atom stereocenters. The summed E-state index contributed by atoms with van der Waals surface area (Å²) in [6.45, 7) is 7.48. The van der Waals surface area contributed by atoms with E-state index in [-0.39, 0.29) is 35.7 Å². The number of carbonyl (C=O) groups is 6. The Morgan fingerprint density at radius 2 is 1.68 bits per heavy atom. The van der Waals surface area contributed by atoms with Gasteiger partial charge in [0.25, 0.3) is 11.8 Å². The second kappa shape index (κ2) is 14.6. The zero-order chi connectivity index (χ0) is 33.9. The van der Waals surface area contributed by atoms with Crippen LogP contribution in [0.25, 0.3) is 0 Å². The molecule has 5 amide bonds. The number of ketones is 1. The lowest BCUT2D eigenvalue weighted by molar-refractivity contribution is -0.149. The molecule has 13 heteroatoms. The maximum absolute atomic E-state index is 14.5. The highest BCUT2D eigenvalue weighted by atomic mass is 16.2. The second-order valence-corrected chi connectivity index (χ2v) is 15.0. The summed E-state index contributed by atoms with van der Waals surface area (Å²) in [5, 5.41) is 11.4. The van der Waals surface area contributed by atoms with Gasteiger partial charge in [0, 0.05) is 24.5 Å². The third kappa shape index (κ3) is 8.03. The number of aromatic nitrogens is 2. The molecule has 258 valence electrons. The van der Waals surface area contributed by atoms with Gasteiger partial charge in [0.15, 0.2) is 5.82 Å². The highest BCUT2D eigenvalue weighted by Crippen LogP contribution is 2.44.